The van der Waals surface area contributed by atoms with Crippen molar-refractivity contribution in [1.29, 1.82) is 0 Å². The summed E-state index contributed by atoms with van der Waals surface area (Å²) >= 11 is 5.24. The summed E-state index contributed by atoms with van der Waals surface area (Å²) in [6.45, 7) is 0. The summed E-state index contributed by atoms with van der Waals surface area (Å²) < 4.78 is 76.3. The minimum Gasteiger partial charge on any atom is -0.262 e. The molecule has 0 saturated carbocycles. The van der Waals surface area contributed by atoms with Crippen LogP contribution in [0.1, 0.15) is 11.1 Å². The van der Waals surface area contributed by atoms with Gasteiger partial charge >= 0.3 is 18.4 Å². The lowest BCUT2D eigenvalue weighted by atomic mass is 10.1. The highest BCUT2D eigenvalue weighted by Gasteiger charge is 2.32. The molecule has 0 aliphatic rings. The Hall–Kier alpha value is -2.42. The Morgan fingerprint density at radius 2 is 1.40 bits per heavy atom. The fourth-order valence-electron chi connectivity index (χ4n) is 2.05. The average Bonchev–Trinajstić information content (AvgIpc) is 2.54. The van der Waals surface area contributed by atoms with Crippen molar-refractivity contribution in [2.45, 2.75) is 12.4 Å². The lowest BCUT2D eigenvalue weighted by molar-refractivity contribution is -0.138. The molecule has 0 atom stereocenters. The number of urea groups is 1. The molecule has 0 aliphatic carbocycles. The van der Waals surface area contributed by atoms with Gasteiger partial charge in [0.2, 0.25) is 0 Å². The number of carbonyl (C=O) groups excluding carboxylic acids is 1. The Bertz CT molecular complexity index is 758. The third-order valence-corrected chi connectivity index (χ3v) is 3.33. The third-order valence-electron chi connectivity index (χ3n) is 3.17. The van der Waals surface area contributed by atoms with Crippen molar-refractivity contribution in [2.75, 3.05) is 4.90 Å². The molecule has 0 fully saturated rings. The molecule has 2 aromatic carbocycles. The van der Waals surface area contributed by atoms with Crippen molar-refractivity contribution in [2.24, 2.45) is 0 Å². The fourth-order valence-corrected chi connectivity index (χ4v) is 2.13. The van der Waals surface area contributed by atoms with Crippen LogP contribution >= 0.6 is 11.8 Å². The van der Waals surface area contributed by atoms with E-state index in [1.807, 2.05) is 0 Å². The second-order valence-corrected chi connectivity index (χ2v) is 5.02. The van der Waals surface area contributed by atoms with E-state index in [-0.39, 0.29) is 11.4 Å². The number of nitrogens with one attached hydrogen (secondary N) is 1. The maximum absolute atomic E-state index is 12.8. The minimum absolute atomic E-state index is 0.0922. The third kappa shape index (κ3) is 4.36. The summed E-state index contributed by atoms with van der Waals surface area (Å²) in [5.41, 5.74) is -2.30. The van der Waals surface area contributed by atoms with E-state index in [1.54, 1.807) is 4.84 Å². The summed E-state index contributed by atoms with van der Waals surface area (Å²) in [6.07, 6.45) is -9.24. The van der Waals surface area contributed by atoms with E-state index < -0.39 is 29.5 Å². The predicted molar refractivity (Wildman–Crippen MR) is 79.4 cm³/mol. The smallest absolute Gasteiger partial charge is 0.262 e. The van der Waals surface area contributed by atoms with Gasteiger partial charge in [0.1, 0.15) is 0 Å². The Labute approximate surface area is 142 Å². The molecule has 0 heterocycles. The molecule has 25 heavy (non-hydrogen) atoms. The van der Waals surface area contributed by atoms with E-state index in [0.717, 1.165) is 29.2 Å². The first-order valence-corrected chi connectivity index (χ1v) is 6.97. The lowest BCUT2D eigenvalue weighted by Crippen LogP contribution is -2.32. The molecule has 10 heteroatoms. The van der Waals surface area contributed by atoms with Gasteiger partial charge in [-0.1, -0.05) is 6.07 Å². The van der Waals surface area contributed by atoms with Crippen LogP contribution in [0.15, 0.2) is 48.5 Å². The standard InChI is InChI=1S/C15H9ClF6N2O/c16-23-13(25)24(11-6-4-9(5-7-11)14(17,18)19)12-3-1-2-10(8-12)15(20,21)22/h1-8H,(H,23,25). The maximum atomic E-state index is 12.8. The summed E-state index contributed by atoms with van der Waals surface area (Å²) in [4.78, 5) is 14.4. The Kier molecular flexibility index (Phi) is 5.17. The first-order valence-electron chi connectivity index (χ1n) is 6.59. The van der Waals surface area contributed by atoms with Crippen LogP contribution in [0, 0.1) is 0 Å². The number of amides is 2. The normalized spacial score (nSPS) is 12.0. The van der Waals surface area contributed by atoms with E-state index in [9.17, 15) is 31.1 Å². The van der Waals surface area contributed by atoms with Gasteiger partial charge in [-0.2, -0.15) is 26.3 Å². The number of benzene rings is 2. The first-order chi connectivity index (χ1) is 11.5. The van der Waals surface area contributed by atoms with Crippen LogP contribution < -0.4 is 9.74 Å². The molecule has 134 valence electrons. The van der Waals surface area contributed by atoms with E-state index in [0.29, 0.717) is 18.2 Å². The molecule has 0 saturated heterocycles. The number of halogens is 7. The number of hydrogen-bond donors (Lipinski definition) is 1. The van der Waals surface area contributed by atoms with Crippen LogP contribution in [-0.4, -0.2) is 6.03 Å². The molecule has 0 unspecified atom stereocenters. The molecule has 0 radical (unpaired) electrons. The SMILES string of the molecule is O=C(NCl)N(c1ccc(C(F)(F)F)cc1)c1cccc(C(F)(F)F)c1. The second-order valence-electron chi connectivity index (χ2n) is 4.83. The maximum Gasteiger partial charge on any atom is 0.416 e. The van der Waals surface area contributed by atoms with Gasteiger partial charge in [-0.25, -0.2) is 9.63 Å². The number of nitrogens with zero attached hydrogens (tertiary/aromatic N) is 1. The summed E-state index contributed by atoms with van der Waals surface area (Å²) in [6, 6.07) is 6.03. The molecule has 2 aromatic rings. The average molecular weight is 383 g/mol. The Morgan fingerprint density at radius 3 is 1.88 bits per heavy atom. The van der Waals surface area contributed by atoms with E-state index in [1.165, 1.54) is 6.07 Å². The van der Waals surface area contributed by atoms with Crippen LogP contribution in [0.4, 0.5) is 42.5 Å². The molecule has 0 aliphatic heterocycles. The van der Waals surface area contributed by atoms with Crippen molar-refractivity contribution in [3.05, 3.63) is 59.7 Å². The summed E-state index contributed by atoms with van der Waals surface area (Å²) in [5, 5.41) is 0. The van der Waals surface area contributed by atoms with Crippen LogP contribution in [-0.2, 0) is 12.4 Å². The predicted octanol–water partition coefficient (Wildman–Crippen LogP) is 5.73. The molecule has 1 N–H and O–H groups in total. The zero-order valence-electron chi connectivity index (χ0n) is 12.1. The van der Waals surface area contributed by atoms with Crippen LogP contribution in [0.3, 0.4) is 0 Å². The molecule has 0 spiro atoms. The number of alkyl halides is 6. The van der Waals surface area contributed by atoms with Gasteiger partial charge in [-0.3, -0.25) is 4.90 Å². The van der Waals surface area contributed by atoms with Gasteiger partial charge in [0.25, 0.3) is 0 Å². The number of rotatable bonds is 2. The molecular formula is C15H9ClF6N2O. The zero-order valence-corrected chi connectivity index (χ0v) is 12.9. The number of carbonyl (C=O) groups is 1. The number of anilines is 2. The topological polar surface area (TPSA) is 32.3 Å². The van der Waals surface area contributed by atoms with E-state index in [4.69, 9.17) is 11.8 Å². The minimum atomic E-state index is -4.65. The molecule has 2 amide bonds. The van der Waals surface area contributed by atoms with Crippen molar-refractivity contribution in [3.8, 4) is 0 Å². The fraction of sp³-hybridized carbons (Fsp3) is 0.133. The van der Waals surface area contributed by atoms with Gasteiger partial charge in [-0.15, -0.1) is 0 Å². The Morgan fingerprint density at radius 1 is 0.840 bits per heavy atom. The first kappa shape index (κ1) is 18.9. The highest BCUT2D eigenvalue weighted by molar-refractivity contribution is 6.24. The molecule has 0 aromatic heterocycles. The van der Waals surface area contributed by atoms with Crippen molar-refractivity contribution < 1.29 is 31.1 Å². The largest absolute Gasteiger partial charge is 0.416 e. The highest BCUT2D eigenvalue weighted by Crippen LogP contribution is 2.35. The van der Waals surface area contributed by atoms with Gasteiger partial charge in [-0.05, 0) is 42.5 Å². The van der Waals surface area contributed by atoms with Crippen molar-refractivity contribution in [3.63, 3.8) is 0 Å². The number of hydrogen-bond acceptors (Lipinski definition) is 1. The van der Waals surface area contributed by atoms with Crippen LogP contribution in [0.5, 0.6) is 0 Å². The van der Waals surface area contributed by atoms with E-state index in [2.05, 4.69) is 0 Å². The second kappa shape index (κ2) is 6.83. The summed E-state index contributed by atoms with van der Waals surface area (Å²) in [7, 11) is 0. The van der Waals surface area contributed by atoms with Gasteiger partial charge in [0.15, 0.2) is 0 Å². The highest BCUT2D eigenvalue weighted by atomic mass is 35.5. The lowest BCUT2D eigenvalue weighted by Gasteiger charge is -2.23. The summed E-state index contributed by atoms with van der Waals surface area (Å²) in [5.74, 6) is 0. The van der Waals surface area contributed by atoms with Gasteiger partial charge in [0, 0.05) is 11.8 Å². The van der Waals surface area contributed by atoms with Crippen molar-refractivity contribution in [1.82, 2.24) is 4.84 Å². The molecule has 2 rings (SSSR count). The molecular weight excluding hydrogens is 374 g/mol. The zero-order chi connectivity index (χ0) is 18.8. The molecule has 3 nitrogen and oxygen atoms in total. The van der Waals surface area contributed by atoms with Crippen LogP contribution in [0.2, 0.25) is 0 Å². The van der Waals surface area contributed by atoms with Crippen LogP contribution in [0.25, 0.3) is 0 Å². The quantitative estimate of drug-likeness (QED) is 0.522. The molecule has 0 bridgehead atoms. The van der Waals surface area contributed by atoms with Crippen molar-refractivity contribution >= 4 is 29.2 Å². The monoisotopic (exact) mass is 382 g/mol. The Balaban J connectivity index is 2.49. The van der Waals surface area contributed by atoms with Gasteiger partial charge < -0.3 is 0 Å². The van der Waals surface area contributed by atoms with E-state index >= 15 is 0 Å². The van der Waals surface area contributed by atoms with Gasteiger partial charge in [0.05, 0.1) is 22.5 Å².